The van der Waals surface area contributed by atoms with Gasteiger partial charge in [-0.05, 0) is 36.6 Å². The maximum absolute atomic E-state index is 12.6. The van der Waals surface area contributed by atoms with E-state index in [0.717, 1.165) is 10.8 Å². The lowest BCUT2D eigenvalue weighted by atomic mass is 10.0. The fraction of sp³-hybridized carbons (Fsp3) is 0.250. The summed E-state index contributed by atoms with van der Waals surface area (Å²) in [6.45, 7) is 6.17. The van der Waals surface area contributed by atoms with Crippen molar-refractivity contribution in [2.45, 2.75) is 37.1 Å². The molecule has 0 saturated heterocycles. The summed E-state index contributed by atoms with van der Waals surface area (Å²) in [5, 5.41) is 3.51. The molecule has 3 aromatic rings. The van der Waals surface area contributed by atoms with Crippen LogP contribution in [0.4, 0.5) is 5.69 Å². The van der Waals surface area contributed by atoms with Gasteiger partial charge < -0.3 is 5.32 Å². The summed E-state index contributed by atoms with van der Waals surface area (Å²) in [6.07, 6.45) is 5.26. The quantitative estimate of drug-likeness (QED) is 0.458. The van der Waals surface area contributed by atoms with Gasteiger partial charge in [-0.2, -0.15) is 0 Å². The smallest absolute Gasteiger partial charge is 0.237 e. The minimum Gasteiger partial charge on any atom is -0.322 e. The number of amides is 1. The van der Waals surface area contributed by atoms with Crippen molar-refractivity contribution in [3.8, 4) is 5.69 Å². The Morgan fingerprint density at radius 3 is 2.63 bits per heavy atom. The first kappa shape index (κ1) is 19.5. The van der Waals surface area contributed by atoms with E-state index in [-0.39, 0.29) is 16.3 Å². The summed E-state index contributed by atoms with van der Waals surface area (Å²) in [5.41, 5.74) is 2.82. The van der Waals surface area contributed by atoms with E-state index in [1.54, 1.807) is 24.5 Å². The third-order valence-corrected chi connectivity index (χ3v) is 5.48. The predicted octanol–water partition coefficient (Wildman–Crippen LogP) is 5.16. The van der Waals surface area contributed by atoms with Crippen LogP contribution in [-0.4, -0.2) is 25.7 Å². The average Bonchev–Trinajstić information content (AvgIpc) is 3.11. The first-order valence-corrected chi connectivity index (χ1v) is 9.94. The lowest BCUT2D eigenvalue weighted by Gasteiger charge is -2.17. The monoisotopic (exact) mass is 400 g/mol. The lowest BCUT2D eigenvalue weighted by Crippen LogP contribution is -2.23. The average molecular weight is 401 g/mol. The fourth-order valence-electron chi connectivity index (χ4n) is 2.68. The minimum absolute atomic E-state index is 0.151. The molecular weight excluding hydrogens is 380 g/mol. The Morgan fingerprint density at radius 1 is 1.11 bits per heavy atom. The largest absolute Gasteiger partial charge is 0.322 e. The van der Waals surface area contributed by atoms with Crippen LogP contribution in [0.5, 0.6) is 0 Å². The van der Waals surface area contributed by atoms with Crippen LogP contribution in [-0.2, 0) is 4.79 Å². The van der Waals surface area contributed by atoms with Gasteiger partial charge >= 0.3 is 0 Å². The number of para-hydroxylation sites is 1. The molecule has 1 amide bonds. The predicted molar refractivity (Wildman–Crippen MR) is 111 cm³/mol. The molecule has 0 radical (unpaired) electrons. The number of nitrogens with zero attached hydrogens (tertiary/aromatic N) is 3. The highest BCUT2D eigenvalue weighted by Gasteiger charge is 2.20. The van der Waals surface area contributed by atoms with Gasteiger partial charge in [0.1, 0.15) is 0 Å². The van der Waals surface area contributed by atoms with Gasteiger partial charge in [0.25, 0.3) is 0 Å². The third-order valence-electron chi connectivity index (χ3n) is 4.09. The summed E-state index contributed by atoms with van der Waals surface area (Å²) >= 11 is 7.42. The Hall–Kier alpha value is -2.31. The Kier molecular flexibility index (Phi) is 6.19. The normalized spacial score (nSPS) is 12.2. The molecule has 0 aliphatic rings. The molecule has 0 spiro atoms. The first-order chi connectivity index (χ1) is 13.0. The van der Waals surface area contributed by atoms with Gasteiger partial charge in [0.2, 0.25) is 5.91 Å². The van der Waals surface area contributed by atoms with Gasteiger partial charge in [-0.1, -0.05) is 55.4 Å². The third kappa shape index (κ3) is 4.51. The van der Waals surface area contributed by atoms with Crippen molar-refractivity contribution in [3.63, 3.8) is 0 Å². The second-order valence-corrected chi connectivity index (χ2v) is 8.05. The number of halogens is 1. The van der Waals surface area contributed by atoms with Gasteiger partial charge in [-0.15, -0.1) is 0 Å². The number of nitrogens with one attached hydrogen (secondary N) is 1. The van der Waals surface area contributed by atoms with Crippen LogP contribution in [0.15, 0.2) is 60.1 Å². The molecule has 2 aromatic heterocycles. The molecule has 1 N–H and O–H groups in total. The number of hydrogen-bond donors (Lipinski definition) is 1. The van der Waals surface area contributed by atoms with E-state index in [9.17, 15) is 4.79 Å². The van der Waals surface area contributed by atoms with Crippen LogP contribution in [0.25, 0.3) is 5.69 Å². The van der Waals surface area contributed by atoms with Crippen LogP contribution in [0.2, 0.25) is 5.15 Å². The second-order valence-electron chi connectivity index (χ2n) is 6.38. The molecule has 1 atom stereocenters. The summed E-state index contributed by atoms with van der Waals surface area (Å²) in [7, 11) is 0. The van der Waals surface area contributed by atoms with Crippen LogP contribution in [0, 0.1) is 0 Å². The number of carbonyl (C=O) groups excluding carboxylic acids is 1. The number of hydrogen-bond acceptors (Lipinski definition) is 4. The number of carbonyl (C=O) groups is 1. The Bertz CT molecular complexity index is 941. The number of pyridine rings is 1. The number of aromatic nitrogens is 3. The van der Waals surface area contributed by atoms with Crippen LogP contribution in [0.1, 0.15) is 32.3 Å². The van der Waals surface area contributed by atoms with Crippen molar-refractivity contribution in [3.05, 3.63) is 65.7 Å². The molecule has 0 fully saturated rings. The van der Waals surface area contributed by atoms with Crippen LogP contribution >= 0.6 is 23.4 Å². The number of imidazole rings is 1. The molecular formula is C20H21ClN4OS. The van der Waals surface area contributed by atoms with Gasteiger partial charge in [0.05, 0.1) is 16.6 Å². The molecule has 1 unspecified atom stereocenters. The molecule has 0 saturated carbocycles. The maximum atomic E-state index is 12.6. The van der Waals surface area contributed by atoms with E-state index in [1.165, 1.54) is 17.3 Å². The molecule has 0 bridgehead atoms. The number of benzene rings is 1. The standard InChI is InChI=1S/C20H21ClN4OS/c1-13(2)15-7-4-5-9-17(15)25-12-11-23-20(25)27-14(3)19(26)24-16-8-6-10-22-18(16)21/h4-14H,1-3H3,(H,24,26). The van der Waals surface area contributed by atoms with Crippen LogP contribution in [0.3, 0.4) is 0 Å². The molecule has 0 aliphatic heterocycles. The van der Waals surface area contributed by atoms with Gasteiger partial charge in [-0.25, -0.2) is 9.97 Å². The van der Waals surface area contributed by atoms with Gasteiger partial charge in [-0.3, -0.25) is 9.36 Å². The Labute approximate surface area is 168 Å². The van der Waals surface area contributed by atoms with Crippen molar-refractivity contribution >= 4 is 35.0 Å². The van der Waals surface area contributed by atoms with Gasteiger partial charge in [0.15, 0.2) is 10.3 Å². The summed E-state index contributed by atoms with van der Waals surface area (Å²) in [4.78, 5) is 21.0. The molecule has 2 heterocycles. The zero-order valence-electron chi connectivity index (χ0n) is 15.4. The molecule has 7 heteroatoms. The Morgan fingerprint density at radius 2 is 1.89 bits per heavy atom. The number of anilines is 1. The molecule has 0 aliphatic carbocycles. The van der Waals surface area contributed by atoms with E-state index >= 15 is 0 Å². The summed E-state index contributed by atoms with van der Waals surface area (Å²) in [5.74, 6) is 0.233. The molecule has 27 heavy (non-hydrogen) atoms. The molecule has 3 rings (SSSR count). The highest BCUT2D eigenvalue weighted by atomic mass is 35.5. The van der Waals surface area contributed by atoms with E-state index in [0.29, 0.717) is 11.6 Å². The zero-order valence-corrected chi connectivity index (χ0v) is 17.0. The van der Waals surface area contributed by atoms with Crippen molar-refractivity contribution in [1.82, 2.24) is 14.5 Å². The first-order valence-electron chi connectivity index (χ1n) is 8.68. The van der Waals surface area contributed by atoms with Gasteiger partial charge in [0, 0.05) is 18.6 Å². The fourth-order valence-corrected chi connectivity index (χ4v) is 3.72. The molecule has 1 aromatic carbocycles. The Balaban J connectivity index is 1.79. The number of thioether (sulfide) groups is 1. The maximum Gasteiger partial charge on any atom is 0.237 e. The van der Waals surface area contributed by atoms with E-state index in [4.69, 9.17) is 11.6 Å². The van der Waals surface area contributed by atoms with E-state index in [1.807, 2.05) is 29.8 Å². The van der Waals surface area contributed by atoms with Crippen molar-refractivity contribution in [2.75, 3.05) is 5.32 Å². The topological polar surface area (TPSA) is 59.8 Å². The molecule has 140 valence electrons. The zero-order chi connectivity index (χ0) is 19.4. The molecule has 5 nitrogen and oxygen atoms in total. The number of rotatable bonds is 6. The van der Waals surface area contributed by atoms with Crippen LogP contribution < -0.4 is 5.32 Å². The summed E-state index contributed by atoms with van der Waals surface area (Å²) < 4.78 is 2.03. The highest BCUT2D eigenvalue weighted by Crippen LogP contribution is 2.29. The van der Waals surface area contributed by atoms with E-state index < -0.39 is 0 Å². The van der Waals surface area contributed by atoms with Crippen molar-refractivity contribution in [1.29, 1.82) is 0 Å². The summed E-state index contributed by atoms with van der Waals surface area (Å²) in [6, 6.07) is 11.7. The van der Waals surface area contributed by atoms with Crippen molar-refractivity contribution < 1.29 is 4.79 Å². The lowest BCUT2D eigenvalue weighted by molar-refractivity contribution is -0.115. The van der Waals surface area contributed by atoms with E-state index in [2.05, 4.69) is 41.3 Å². The SMILES string of the molecule is CC(Sc1nccn1-c1ccccc1C(C)C)C(=O)Nc1cccnc1Cl. The van der Waals surface area contributed by atoms with Crippen molar-refractivity contribution in [2.24, 2.45) is 0 Å². The minimum atomic E-state index is -0.353. The second kappa shape index (κ2) is 8.59. The highest BCUT2D eigenvalue weighted by molar-refractivity contribution is 8.00.